The molecule has 2 heterocycles. The van der Waals surface area contributed by atoms with Crippen LogP contribution >= 0.6 is 15.9 Å². The van der Waals surface area contributed by atoms with Gasteiger partial charge >= 0.3 is 0 Å². The van der Waals surface area contributed by atoms with Crippen LogP contribution in [0.1, 0.15) is 25.2 Å². The number of rotatable bonds is 2. The van der Waals surface area contributed by atoms with Crippen LogP contribution in [0.25, 0.3) is 0 Å². The monoisotopic (exact) mass is 245 g/mol. The molecule has 0 aromatic carbocycles. The van der Waals surface area contributed by atoms with Gasteiger partial charge in [0, 0.05) is 28.4 Å². The van der Waals surface area contributed by atoms with Crippen molar-refractivity contribution in [1.82, 2.24) is 15.5 Å². The van der Waals surface area contributed by atoms with Crippen LogP contribution in [-0.4, -0.2) is 22.8 Å². The molecule has 0 bridgehead atoms. The van der Waals surface area contributed by atoms with Crippen LogP contribution < -0.4 is 5.32 Å². The second kappa shape index (κ2) is 4.19. The molecule has 1 N–H and O–H groups in total. The maximum atomic E-state index is 5.24. The molecule has 4 nitrogen and oxygen atoms in total. The Balaban J connectivity index is 1.89. The number of aromatic nitrogens is 2. The summed E-state index contributed by atoms with van der Waals surface area (Å²) in [6.45, 7) is 1.11. The molecule has 2 rings (SSSR count). The first-order valence-electron chi connectivity index (χ1n) is 4.56. The molecule has 0 aliphatic carbocycles. The second-order valence-electron chi connectivity index (χ2n) is 3.30. The standard InChI is InChI=1S/C8H12BrN3O/c9-8-12-11-7(13-8)5-6-3-1-2-4-10-6/h6,10H,1-5H2. The minimum absolute atomic E-state index is 0.471. The Morgan fingerprint density at radius 1 is 1.46 bits per heavy atom. The van der Waals surface area contributed by atoms with Crippen LogP contribution in [0.2, 0.25) is 0 Å². The predicted octanol–water partition coefficient (Wildman–Crippen LogP) is 1.52. The third kappa shape index (κ3) is 2.51. The Bertz CT molecular complexity index is 270. The predicted molar refractivity (Wildman–Crippen MR) is 51.3 cm³/mol. The fourth-order valence-corrected chi connectivity index (χ4v) is 1.89. The van der Waals surface area contributed by atoms with Crippen LogP contribution in [0.4, 0.5) is 0 Å². The van der Waals surface area contributed by atoms with Crippen LogP contribution in [0.15, 0.2) is 9.22 Å². The molecule has 72 valence electrons. The minimum atomic E-state index is 0.471. The zero-order chi connectivity index (χ0) is 9.10. The van der Waals surface area contributed by atoms with Crippen LogP contribution in [0.5, 0.6) is 0 Å². The normalized spacial score (nSPS) is 23.3. The fourth-order valence-electron chi connectivity index (χ4n) is 1.62. The molecule has 0 radical (unpaired) electrons. The number of nitrogens with zero attached hydrogens (tertiary/aromatic N) is 2. The van der Waals surface area contributed by atoms with Gasteiger partial charge in [-0.15, -0.1) is 10.2 Å². The van der Waals surface area contributed by atoms with E-state index in [1.54, 1.807) is 0 Å². The molecule has 1 aliphatic rings. The van der Waals surface area contributed by atoms with Crippen LogP contribution in [-0.2, 0) is 6.42 Å². The number of piperidine rings is 1. The Labute approximate surface area is 85.2 Å². The smallest absolute Gasteiger partial charge is 0.284 e. The third-order valence-corrected chi connectivity index (χ3v) is 2.60. The highest BCUT2D eigenvalue weighted by Gasteiger charge is 2.15. The van der Waals surface area contributed by atoms with Gasteiger partial charge in [0.2, 0.25) is 5.89 Å². The first-order valence-corrected chi connectivity index (χ1v) is 5.35. The molecule has 1 fully saturated rings. The number of hydrogen-bond donors (Lipinski definition) is 1. The van der Waals surface area contributed by atoms with E-state index in [1.807, 2.05) is 0 Å². The molecule has 1 aliphatic heterocycles. The highest BCUT2D eigenvalue weighted by Crippen LogP contribution is 2.13. The maximum Gasteiger partial charge on any atom is 0.284 e. The Kier molecular flexibility index (Phi) is 2.95. The van der Waals surface area contributed by atoms with E-state index in [1.165, 1.54) is 19.3 Å². The average molecular weight is 246 g/mol. The first kappa shape index (κ1) is 9.15. The fraction of sp³-hybridized carbons (Fsp3) is 0.750. The van der Waals surface area contributed by atoms with Gasteiger partial charge in [0.25, 0.3) is 4.80 Å². The van der Waals surface area contributed by atoms with Gasteiger partial charge in [0.15, 0.2) is 0 Å². The van der Waals surface area contributed by atoms with Gasteiger partial charge in [-0.2, -0.15) is 0 Å². The SMILES string of the molecule is Brc1nnc(CC2CCCCN2)o1. The third-order valence-electron chi connectivity index (χ3n) is 2.28. The Hall–Kier alpha value is -0.420. The van der Waals surface area contributed by atoms with E-state index in [-0.39, 0.29) is 0 Å². The summed E-state index contributed by atoms with van der Waals surface area (Å²) in [6.07, 6.45) is 4.63. The van der Waals surface area contributed by atoms with Crippen molar-refractivity contribution in [3.05, 3.63) is 10.7 Å². The number of hydrogen-bond acceptors (Lipinski definition) is 4. The number of nitrogens with one attached hydrogen (secondary N) is 1. The Morgan fingerprint density at radius 2 is 2.38 bits per heavy atom. The zero-order valence-corrected chi connectivity index (χ0v) is 8.88. The van der Waals surface area contributed by atoms with E-state index in [2.05, 4.69) is 31.4 Å². The molecule has 0 spiro atoms. The summed E-state index contributed by atoms with van der Waals surface area (Å²) in [4.78, 5) is 0.471. The molecule has 13 heavy (non-hydrogen) atoms. The molecular weight excluding hydrogens is 234 g/mol. The van der Waals surface area contributed by atoms with Gasteiger partial charge in [-0.25, -0.2) is 0 Å². The average Bonchev–Trinajstić information content (AvgIpc) is 2.53. The van der Waals surface area contributed by atoms with Gasteiger partial charge in [-0.1, -0.05) is 6.42 Å². The van der Waals surface area contributed by atoms with Crippen molar-refractivity contribution in [3.63, 3.8) is 0 Å². The van der Waals surface area contributed by atoms with E-state index in [0.29, 0.717) is 16.7 Å². The summed E-state index contributed by atoms with van der Waals surface area (Å²) in [7, 11) is 0. The van der Waals surface area contributed by atoms with E-state index >= 15 is 0 Å². The van der Waals surface area contributed by atoms with E-state index in [0.717, 1.165) is 13.0 Å². The topological polar surface area (TPSA) is 51.0 Å². The molecule has 0 saturated carbocycles. The molecule has 1 saturated heterocycles. The van der Waals surface area contributed by atoms with E-state index in [9.17, 15) is 0 Å². The highest BCUT2D eigenvalue weighted by molar-refractivity contribution is 9.10. The van der Waals surface area contributed by atoms with Crippen molar-refractivity contribution in [2.75, 3.05) is 6.54 Å². The first-order chi connectivity index (χ1) is 6.34. The van der Waals surface area contributed by atoms with Gasteiger partial charge in [-0.05, 0) is 19.4 Å². The number of halogens is 1. The second-order valence-corrected chi connectivity index (χ2v) is 3.98. The van der Waals surface area contributed by atoms with Gasteiger partial charge in [-0.3, -0.25) is 0 Å². The summed E-state index contributed by atoms with van der Waals surface area (Å²) in [5.41, 5.74) is 0. The lowest BCUT2D eigenvalue weighted by molar-refractivity contribution is 0.363. The molecule has 1 aromatic heterocycles. The molecule has 1 unspecified atom stereocenters. The van der Waals surface area contributed by atoms with Gasteiger partial charge in [0.05, 0.1) is 0 Å². The summed E-state index contributed by atoms with van der Waals surface area (Å²) >= 11 is 3.14. The van der Waals surface area contributed by atoms with Crippen molar-refractivity contribution in [1.29, 1.82) is 0 Å². The quantitative estimate of drug-likeness (QED) is 0.859. The van der Waals surface area contributed by atoms with Crippen LogP contribution in [0.3, 0.4) is 0 Å². The molecular formula is C8H12BrN3O. The molecule has 0 amide bonds. The summed E-state index contributed by atoms with van der Waals surface area (Å²) < 4.78 is 5.24. The van der Waals surface area contributed by atoms with Gasteiger partial charge < -0.3 is 9.73 Å². The lowest BCUT2D eigenvalue weighted by atomic mass is 10.0. The summed E-state index contributed by atoms with van der Waals surface area (Å²) in [5.74, 6) is 0.714. The van der Waals surface area contributed by atoms with E-state index < -0.39 is 0 Å². The Morgan fingerprint density at radius 3 is 3.00 bits per heavy atom. The summed E-state index contributed by atoms with van der Waals surface area (Å²) in [5, 5.41) is 11.1. The molecule has 5 heteroatoms. The van der Waals surface area contributed by atoms with Crippen molar-refractivity contribution < 1.29 is 4.42 Å². The lowest BCUT2D eigenvalue weighted by Gasteiger charge is -2.21. The highest BCUT2D eigenvalue weighted by atomic mass is 79.9. The maximum absolute atomic E-state index is 5.24. The van der Waals surface area contributed by atoms with Gasteiger partial charge in [0.1, 0.15) is 0 Å². The lowest BCUT2D eigenvalue weighted by Crippen LogP contribution is -2.35. The zero-order valence-electron chi connectivity index (χ0n) is 7.29. The van der Waals surface area contributed by atoms with Crippen LogP contribution in [0, 0.1) is 0 Å². The minimum Gasteiger partial charge on any atom is -0.416 e. The van der Waals surface area contributed by atoms with E-state index in [4.69, 9.17) is 4.42 Å². The van der Waals surface area contributed by atoms with Crippen molar-refractivity contribution in [2.45, 2.75) is 31.7 Å². The largest absolute Gasteiger partial charge is 0.416 e. The van der Waals surface area contributed by atoms with Crippen molar-refractivity contribution in [2.24, 2.45) is 0 Å². The molecule has 1 atom stereocenters. The summed E-state index contributed by atoms with van der Waals surface area (Å²) in [6, 6.07) is 0.515. The van der Waals surface area contributed by atoms with Crippen molar-refractivity contribution >= 4 is 15.9 Å². The van der Waals surface area contributed by atoms with Crippen molar-refractivity contribution in [3.8, 4) is 0 Å². The molecule has 1 aromatic rings.